The SMILES string of the molecule is Cc1cnc(N)c2c(C#Cc3c(F)cncc3F)nn(C3CCNC3)c12. The molecule has 0 saturated carbocycles. The maximum Gasteiger partial charge on any atom is 0.160 e. The van der Waals surface area contributed by atoms with Crippen molar-refractivity contribution in [2.45, 2.75) is 19.4 Å². The number of nitrogen functional groups attached to an aromatic ring is 1. The Kier molecular flexibility index (Phi) is 4.01. The van der Waals surface area contributed by atoms with E-state index in [9.17, 15) is 8.78 Å². The van der Waals surface area contributed by atoms with E-state index < -0.39 is 11.6 Å². The van der Waals surface area contributed by atoms with Crippen molar-refractivity contribution in [2.24, 2.45) is 0 Å². The highest BCUT2D eigenvalue weighted by Gasteiger charge is 2.23. The van der Waals surface area contributed by atoms with E-state index in [0.29, 0.717) is 16.9 Å². The zero-order chi connectivity index (χ0) is 18.3. The molecule has 1 saturated heterocycles. The molecule has 0 radical (unpaired) electrons. The number of fused-ring (bicyclic) bond motifs is 1. The molecule has 0 aromatic carbocycles. The van der Waals surface area contributed by atoms with Crippen molar-refractivity contribution < 1.29 is 8.78 Å². The fourth-order valence-corrected chi connectivity index (χ4v) is 3.20. The van der Waals surface area contributed by atoms with Gasteiger partial charge in [-0.1, -0.05) is 5.92 Å². The smallest absolute Gasteiger partial charge is 0.160 e. The van der Waals surface area contributed by atoms with Crippen molar-refractivity contribution >= 4 is 16.7 Å². The van der Waals surface area contributed by atoms with E-state index in [-0.39, 0.29) is 11.6 Å². The molecule has 3 aromatic rings. The van der Waals surface area contributed by atoms with Crippen LogP contribution in [0.15, 0.2) is 18.6 Å². The van der Waals surface area contributed by atoms with Crippen LogP contribution >= 0.6 is 0 Å². The molecule has 3 aromatic heterocycles. The van der Waals surface area contributed by atoms with Crippen LogP contribution in [0.2, 0.25) is 0 Å². The second-order valence-corrected chi connectivity index (χ2v) is 6.22. The van der Waals surface area contributed by atoms with Gasteiger partial charge in [-0.05, 0) is 31.4 Å². The van der Waals surface area contributed by atoms with Crippen molar-refractivity contribution in [3.8, 4) is 11.8 Å². The predicted molar refractivity (Wildman–Crippen MR) is 93.3 cm³/mol. The van der Waals surface area contributed by atoms with E-state index in [1.165, 1.54) is 0 Å². The largest absolute Gasteiger partial charge is 0.383 e. The molecule has 1 aliphatic rings. The van der Waals surface area contributed by atoms with Crippen molar-refractivity contribution in [3.63, 3.8) is 0 Å². The lowest BCUT2D eigenvalue weighted by Gasteiger charge is -2.11. The minimum absolute atomic E-state index is 0.169. The van der Waals surface area contributed by atoms with Crippen LogP contribution in [0.3, 0.4) is 0 Å². The van der Waals surface area contributed by atoms with Gasteiger partial charge in [0.15, 0.2) is 11.6 Å². The van der Waals surface area contributed by atoms with Crippen LogP contribution in [0, 0.1) is 30.4 Å². The van der Waals surface area contributed by atoms with Crippen LogP contribution in [-0.2, 0) is 0 Å². The highest BCUT2D eigenvalue weighted by atomic mass is 19.1. The van der Waals surface area contributed by atoms with E-state index in [1.54, 1.807) is 6.20 Å². The Morgan fingerprint density at radius 3 is 2.69 bits per heavy atom. The van der Waals surface area contributed by atoms with Gasteiger partial charge in [-0.25, -0.2) is 13.8 Å². The highest BCUT2D eigenvalue weighted by molar-refractivity contribution is 5.95. The number of hydrogen-bond acceptors (Lipinski definition) is 5. The Morgan fingerprint density at radius 2 is 2.00 bits per heavy atom. The van der Waals surface area contributed by atoms with E-state index in [4.69, 9.17) is 5.73 Å². The first-order valence-corrected chi connectivity index (χ1v) is 8.21. The average molecular weight is 354 g/mol. The quantitative estimate of drug-likeness (QED) is 0.653. The van der Waals surface area contributed by atoms with E-state index >= 15 is 0 Å². The maximum atomic E-state index is 13.8. The van der Waals surface area contributed by atoms with Gasteiger partial charge in [0, 0.05) is 12.7 Å². The number of aryl methyl sites for hydroxylation is 1. The lowest BCUT2D eigenvalue weighted by atomic mass is 10.1. The van der Waals surface area contributed by atoms with Crippen LogP contribution in [0.5, 0.6) is 0 Å². The molecule has 4 rings (SSSR count). The first-order chi connectivity index (χ1) is 12.6. The molecule has 0 amide bonds. The summed E-state index contributed by atoms with van der Waals surface area (Å²) in [5.74, 6) is 3.95. The summed E-state index contributed by atoms with van der Waals surface area (Å²) in [6, 6.07) is 0.169. The van der Waals surface area contributed by atoms with Crippen LogP contribution in [0.25, 0.3) is 10.9 Å². The minimum Gasteiger partial charge on any atom is -0.383 e. The molecule has 26 heavy (non-hydrogen) atoms. The summed E-state index contributed by atoms with van der Waals surface area (Å²) in [7, 11) is 0. The zero-order valence-corrected chi connectivity index (χ0v) is 14.1. The second kappa shape index (κ2) is 6.35. The number of pyridine rings is 2. The minimum atomic E-state index is -0.816. The van der Waals surface area contributed by atoms with E-state index in [0.717, 1.165) is 43.0 Å². The monoisotopic (exact) mass is 354 g/mol. The van der Waals surface area contributed by atoms with Crippen LogP contribution in [0.4, 0.5) is 14.6 Å². The van der Waals surface area contributed by atoms with Crippen LogP contribution < -0.4 is 11.1 Å². The Bertz CT molecular complexity index is 1040. The molecule has 0 bridgehead atoms. The van der Waals surface area contributed by atoms with Gasteiger partial charge in [-0.15, -0.1) is 0 Å². The van der Waals surface area contributed by atoms with E-state index in [1.807, 2.05) is 11.6 Å². The Balaban J connectivity index is 1.91. The summed E-state index contributed by atoms with van der Waals surface area (Å²) < 4.78 is 29.5. The zero-order valence-electron chi connectivity index (χ0n) is 14.1. The molecule has 6 nitrogen and oxygen atoms in total. The summed E-state index contributed by atoms with van der Waals surface area (Å²) in [5.41, 5.74) is 7.85. The number of aromatic nitrogens is 4. The number of nitrogens with zero attached hydrogens (tertiary/aromatic N) is 4. The molecule has 1 unspecified atom stereocenters. The first kappa shape index (κ1) is 16.4. The molecule has 132 valence electrons. The van der Waals surface area contributed by atoms with E-state index in [2.05, 4.69) is 32.2 Å². The summed E-state index contributed by atoms with van der Waals surface area (Å²) >= 11 is 0. The van der Waals surface area contributed by atoms with Crippen molar-refractivity contribution in [1.82, 2.24) is 25.1 Å². The Hall–Kier alpha value is -3.05. The standard InChI is InChI=1S/C18H16F2N6/c1-10-6-24-18(21)16-15(3-2-12-13(19)8-23-9-14(12)20)25-26(17(10)16)11-4-5-22-7-11/h6,8-9,11,22H,4-5,7H2,1H3,(H2,21,24). The molecule has 1 fully saturated rings. The molecule has 1 aliphatic heterocycles. The fourth-order valence-electron chi connectivity index (χ4n) is 3.20. The summed E-state index contributed by atoms with van der Waals surface area (Å²) in [4.78, 5) is 7.64. The Morgan fingerprint density at radius 1 is 1.23 bits per heavy atom. The highest BCUT2D eigenvalue weighted by Crippen LogP contribution is 2.29. The van der Waals surface area contributed by atoms with Crippen molar-refractivity contribution in [2.75, 3.05) is 18.8 Å². The lowest BCUT2D eigenvalue weighted by Crippen LogP contribution is -2.15. The van der Waals surface area contributed by atoms with Gasteiger partial charge in [-0.2, -0.15) is 5.10 Å². The second-order valence-electron chi connectivity index (χ2n) is 6.22. The number of nitrogens with two attached hydrogens (primary N) is 1. The third-order valence-corrected chi connectivity index (χ3v) is 4.48. The molecule has 4 heterocycles. The molecule has 8 heteroatoms. The van der Waals surface area contributed by atoms with Crippen LogP contribution in [0.1, 0.15) is 29.3 Å². The summed E-state index contributed by atoms with van der Waals surface area (Å²) in [6.45, 7) is 3.62. The lowest BCUT2D eigenvalue weighted by molar-refractivity contribution is 0.505. The Labute approximate surface area is 148 Å². The van der Waals surface area contributed by atoms with Gasteiger partial charge in [0.05, 0.1) is 34.9 Å². The number of hydrogen-bond donors (Lipinski definition) is 2. The molecule has 3 N–H and O–H groups in total. The van der Waals surface area contributed by atoms with Crippen LogP contribution in [-0.4, -0.2) is 32.8 Å². The van der Waals surface area contributed by atoms with Crippen molar-refractivity contribution in [3.05, 3.63) is 47.0 Å². The average Bonchev–Trinajstić information content (AvgIpc) is 3.26. The fraction of sp³-hybridized carbons (Fsp3) is 0.278. The number of halogens is 2. The predicted octanol–water partition coefficient (Wildman–Crippen LogP) is 1.93. The third-order valence-electron chi connectivity index (χ3n) is 4.48. The number of nitrogens with one attached hydrogen (secondary N) is 1. The number of rotatable bonds is 1. The van der Waals surface area contributed by atoms with Gasteiger partial charge >= 0.3 is 0 Å². The topological polar surface area (TPSA) is 81.7 Å². The third kappa shape index (κ3) is 2.66. The maximum absolute atomic E-state index is 13.8. The van der Waals surface area contributed by atoms with Gasteiger partial charge in [-0.3, -0.25) is 9.67 Å². The molecule has 0 aliphatic carbocycles. The normalized spacial score (nSPS) is 16.7. The summed E-state index contributed by atoms with van der Waals surface area (Å²) in [6.07, 6.45) is 4.47. The molecular formula is C18H16F2N6. The van der Waals surface area contributed by atoms with Gasteiger partial charge in [0.1, 0.15) is 11.5 Å². The summed E-state index contributed by atoms with van der Waals surface area (Å²) in [5, 5.41) is 8.50. The van der Waals surface area contributed by atoms with Gasteiger partial charge in [0.2, 0.25) is 0 Å². The molecular weight excluding hydrogens is 338 g/mol. The van der Waals surface area contributed by atoms with Crippen molar-refractivity contribution in [1.29, 1.82) is 0 Å². The van der Waals surface area contributed by atoms with Gasteiger partial charge < -0.3 is 11.1 Å². The number of anilines is 1. The molecule has 1 atom stereocenters. The molecule has 0 spiro atoms. The van der Waals surface area contributed by atoms with Gasteiger partial charge in [0.25, 0.3) is 0 Å². The first-order valence-electron chi connectivity index (χ1n) is 8.21.